The molecule has 4 aliphatic rings. The van der Waals surface area contributed by atoms with Gasteiger partial charge in [0.2, 0.25) is 5.91 Å². The normalized spacial score (nSPS) is 42.1. The fourth-order valence-electron chi connectivity index (χ4n) is 9.63. The van der Waals surface area contributed by atoms with E-state index >= 15 is 0 Å². The lowest BCUT2D eigenvalue weighted by Crippen LogP contribution is -2.62. The molecule has 10 unspecified atom stereocenters. The molecule has 4 saturated carbocycles. The molecule has 4 fully saturated rings. The molecule has 8 nitrogen and oxygen atoms in total. The molecule has 0 aromatic rings. The summed E-state index contributed by atoms with van der Waals surface area (Å²) >= 11 is 0. The van der Waals surface area contributed by atoms with Gasteiger partial charge < -0.3 is 25.4 Å². The van der Waals surface area contributed by atoms with E-state index in [1.54, 1.807) is 0 Å². The van der Waals surface area contributed by atoms with Crippen LogP contribution in [0.15, 0.2) is 0 Å². The van der Waals surface area contributed by atoms with Crippen LogP contribution >= 0.6 is 0 Å². The number of esters is 1. The van der Waals surface area contributed by atoms with Crippen molar-refractivity contribution in [3.05, 3.63) is 0 Å². The van der Waals surface area contributed by atoms with Crippen LogP contribution in [-0.4, -0.2) is 58.0 Å². The first kappa shape index (κ1) is 31.3. The summed E-state index contributed by atoms with van der Waals surface area (Å²) in [5.41, 5.74) is -0.281. The Bertz CT molecular complexity index is 940. The van der Waals surface area contributed by atoms with Crippen LogP contribution in [0.4, 0.5) is 0 Å². The predicted molar refractivity (Wildman–Crippen MR) is 151 cm³/mol. The summed E-state index contributed by atoms with van der Waals surface area (Å²) in [5.74, 6) is 0.185. The highest BCUT2D eigenvalue weighted by atomic mass is 16.5. The quantitative estimate of drug-likeness (QED) is 0.287. The number of fused-ring (bicyclic) bond motifs is 5. The molecule has 40 heavy (non-hydrogen) atoms. The number of carbonyl (C=O) groups excluding carboxylic acids is 2. The van der Waals surface area contributed by atoms with Gasteiger partial charge in [-0.2, -0.15) is 0 Å². The Morgan fingerprint density at radius 1 is 1.00 bits per heavy atom. The zero-order chi connectivity index (χ0) is 29.4. The van der Waals surface area contributed by atoms with E-state index in [1.165, 1.54) is 0 Å². The highest BCUT2D eigenvalue weighted by Gasteiger charge is 2.65. The monoisotopic (exact) mass is 563 g/mol. The third kappa shape index (κ3) is 5.81. The van der Waals surface area contributed by atoms with Crippen LogP contribution in [0.5, 0.6) is 0 Å². The Morgan fingerprint density at radius 2 is 1.73 bits per heavy atom. The molecule has 4 N–H and O–H groups in total. The fourth-order valence-corrected chi connectivity index (χ4v) is 9.63. The van der Waals surface area contributed by atoms with Crippen molar-refractivity contribution in [2.75, 3.05) is 6.54 Å². The van der Waals surface area contributed by atoms with Gasteiger partial charge in [-0.1, -0.05) is 34.6 Å². The zero-order valence-corrected chi connectivity index (χ0v) is 25.2. The Kier molecular flexibility index (Phi) is 9.60. The number of ether oxygens (including phenoxy) is 1. The van der Waals surface area contributed by atoms with Crippen molar-refractivity contribution < 1.29 is 34.4 Å². The number of carbonyl (C=O) groups is 3. The van der Waals surface area contributed by atoms with Crippen LogP contribution in [0, 0.1) is 52.3 Å². The molecule has 0 aromatic heterocycles. The van der Waals surface area contributed by atoms with Gasteiger partial charge in [0, 0.05) is 13.0 Å². The summed E-state index contributed by atoms with van der Waals surface area (Å²) in [4.78, 5) is 35.5. The minimum Gasteiger partial charge on any atom is -0.481 e. The van der Waals surface area contributed by atoms with Crippen LogP contribution < -0.4 is 5.32 Å². The molecule has 1 amide bonds. The van der Waals surface area contributed by atoms with Crippen LogP contribution in [0.2, 0.25) is 0 Å². The highest BCUT2D eigenvalue weighted by molar-refractivity contribution is 5.76. The van der Waals surface area contributed by atoms with Crippen molar-refractivity contribution in [1.29, 1.82) is 0 Å². The average molecular weight is 564 g/mol. The number of aliphatic hydroxyl groups excluding tert-OH is 2. The maximum absolute atomic E-state index is 12.5. The van der Waals surface area contributed by atoms with Crippen LogP contribution in [-0.2, 0) is 19.1 Å². The number of amides is 1. The zero-order valence-electron chi connectivity index (χ0n) is 25.2. The minimum absolute atomic E-state index is 0.0171. The Morgan fingerprint density at radius 3 is 2.40 bits per heavy atom. The Labute approximate surface area is 240 Å². The number of aliphatic carboxylic acids is 1. The van der Waals surface area contributed by atoms with Crippen molar-refractivity contribution in [2.45, 2.75) is 124 Å². The van der Waals surface area contributed by atoms with Gasteiger partial charge in [0.1, 0.15) is 6.10 Å². The van der Waals surface area contributed by atoms with Gasteiger partial charge in [-0.3, -0.25) is 14.4 Å². The maximum atomic E-state index is 12.5. The molecule has 8 heteroatoms. The molecular formula is C32H53NO7. The highest BCUT2D eigenvalue weighted by Crippen LogP contribution is 2.68. The van der Waals surface area contributed by atoms with E-state index in [9.17, 15) is 24.6 Å². The fraction of sp³-hybridized carbons (Fsp3) is 0.906. The molecule has 0 aromatic carbocycles. The molecule has 0 bridgehead atoms. The van der Waals surface area contributed by atoms with Crippen LogP contribution in [0.1, 0.15) is 105 Å². The SMILES string of the molecule is CCC(C)C(=O)OC1CC[C@@]2(C)C(C1)CC(O)C1C2CC(O)[C@]2(C)C(C(C)CCC(=O)NCCC(=O)O)CCC12. The van der Waals surface area contributed by atoms with Gasteiger partial charge in [0.05, 0.1) is 24.5 Å². The predicted octanol–water partition coefficient (Wildman–Crippen LogP) is 4.55. The molecular weight excluding hydrogens is 510 g/mol. The minimum atomic E-state index is -0.925. The van der Waals surface area contributed by atoms with E-state index in [-0.39, 0.29) is 83.2 Å². The summed E-state index contributed by atoms with van der Waals surface area (Å²) in [5, 5.41) is 34.9. The molecule has 0 spiro atoms. The van der Waals surface area contributed by atoms with Gasteiger partial charge in [0.25, 0.3) is 0 Å². The largest absolute Gasteiger partial charge is 0.481 e. The number of rotatable bonds is 10. The lowest BCUT2D eigenvalue weighted by molar-refractivity contribution is -0.210. The topological polar surface area (TPSA) is 133 Å². The first-order chi connectivity index (χ1) is 18.8. The number of carboxylic acids is 1. The summed E-state index contributed by atoms with van der Waals surface area (Å²) in [6, 6.07) is 0. The van der Waals surface area contributed by atoms with Crippen molar-refractivity contribution in [3.8, 4) is 0 Å². The molecule has 0 heterocycles. The number of aliphatic hydroxyl groups is 2. The summed E-state index contributed by atoms with van der Waals surface area (Å²) in [7, 11) is 0. The lowest BCUT2D eigenvalue weighted by atomic mass is 9.43. The van der Waals surface area contributed by atoms with Crippen molar-refractivity contribution in [1.82, 2.24) is 5.32 Å². The molecule has 12 atom stereocenters. The van der Waals surface area contributed by atoms with E-state index < -0.39 is 18.2 Å². The van der Waals surface area contributed by atoms with Gasteiger partial charge in [-0.05, 0) is 104 Å². The average Bonchev–Trinajstić information content (AvgIpc) is 3.26. The van der Waals surface area contributed by atoms with Crippen molar-refractivity contribution in [2.24, 2.45) is 52.3 Å². The lowest BCUT2D eigenvalue weighted by Gasteiger charge is -2.63. The Hall–Kier alpha value is -1.67. The second-order valence-corrected chi connectivity index (χ2v) is 14.2. The first-order valence-corrected chi connectivity index (χ1v) is 15.9. The van der Waals surface area contributed by atoms with Gasteiger partial charge >= 0.3 is 11.9 Å². The summed E-state index contributed by atoms with van der Waals surface area (Å²) in [6.45, 7) is 10.8. The van der Waals surface area contributed by atoms with E-state index in [1.807, 2.05) is 13.8 Å². The standard InChI is InChI=1S/C32H53NO7/c1-6-18(2)30(39)40-21-11-13-31(4)20(15-21)16-25(34)29-23-9-8-22(32(23,5)26(35)17-24(29)31)19(3)7-10-27(36)33-14-12-28(37)38/h18-26,29,34-35H,6-17H2,1-5H3,(H,33,36)(H,37,38)/t18?,19?,20?,21?,22?,23?,24?,25?,26?,29?,31-,32+/m0/s1. The van der Waals surface area contributed by atoms with E-state index in [0.717, 1.165) is 44.9 Å². The van der Waals surface area contributed by atoms with Gasteiger partial charge in [0.15, 0.2) is 0 Å². The molecule has 4 rings (SSSR count). The molecule has 0 saturated heterocycles. The number of carboxylic acid groups (broad SMARTS) is 1. The number of nitrogens with one attached hydrogen (secondary N) is 1. The van der Waals surface area contributed by atoms with E-state index in [2.05, 4.69) is 26.1 Å². The third-order valence-electron chi connectivity index (χ3n) is 12.3. The molecule has 0 aliphatic heterocycles. The van der Waals surface area contributed by atoms with Crippen LogP contribution in [0.3, 0.4) is 0 Å². The maximum Gasteiger partial charge on any atom is 0.308 e. The van der Waals surface area contributed by atoms with Gasteiger partial charge in [-0.15, -0.1) is 0 Å². The van der Waals surface area contributed by atoms with Crippen molar-refractivity contribution >= 4 is 17.8 Å². The summed E-state index contributed by atoms with van der Waals surface area (Å²) < 4.78 is 5.90. The smallest absolute Gasteiger partial charge is 0.308 e. The first-order valence-electron chi connectivity index (χ1n) is 15.9. The van der Waals surface area contributed by atoms with E-state index in [0.29, 0.717) is 19.3 Å². The van der Waals surface area contributed by atoms with Crippen LogP contribution in [0.25, 0.3) is 0 Å². The van der Waals surface area contributed by atoms with Crippen molar-refractivity contribution in [3.63, 3.8) is 0 Å². The molecule has 0 radical (unpaired) electrons. The second kappa shape index (κ2) is 12.3. The van der Waals surface area contributed by atoms with E-state index in [4.69, 9.17) is 9.84 Å². The second-order valence-electron chi connectivity index (χ2n) is 14.2. The Balaban J connectivity index is 1.42. The third-order valence-corrected chi connectivity index (χ3v) is 12.3. The van der Waals surface area contributed by atoms with Gasteiger partial charge in [-0.25, -0.2) is 0 Å². The number of hydrogen-bond donors (Lipinski definition) is 4. The summed E-state index contributed by atoms with van der Waals surface area (Å²) in [6.07, 6.45) is 6.79. The number of hydrogen-bond acceptors (Lipinski definition) is 6. The molecule has 228 valence electrons. The molecule has 4 aliphatic carbocycles.